The van der Waals surface area contributed by atoms with Crippen molar-refractivity contribution in [1.29, 1.82) is 0 Å². The summed E-state index contributed by atoms with van der Waals surface area (Å²) in [6.45, 7) is 4.09. The number of aliphatic imine (C=N–C) groups is 1. The van der Waals surface area contributed by atoms with Crippen molar-refractivity contribution in [1.82, 2.24) is 25.7 Å². The molecule has 7 nitrogen and oxygen atoms in total. The van der Waals surface area contributed by atoms with Crippen LogP contribution < -0.4 is 16.0 Å². The largest absolute Gasteiger partial charge is 0.357 e. The standard InChI is InChI=1S/C23H28N6O.HI/c1-3-25-23(27-17-19-6-4-7-20(16-19)22(30)24-2)26-14-12-18-8-10-21(11-9-18)29-15-5-13-28-29;/h4-11,13,15-16H,3,12,14,17H2,1-2H3,(H,24,30)(H2,25,26,27);1H. The van der Waals surface area contributed by atoms with E-state index in [4.69, 9.17) is 0 Å². The number of rotatable bonds is 8. The van der Waals surface area contributed by atoms with Gasteiger partial charge in [0.25, 0.3) is 5.91 Å². The molecule has 2 aromatic carbocycles. The number of carbonyl (C=O) groups excluding carboxylic acids is 1. The third-order valence-corrected chi connectivity index (χ3v) is 4.59. The van der Waals surface area contributed by atoms with Crippen LogP contribution in [-0.2, 0) is 13.0 Å². The van der Waals surface area contributed by atoms with E-state index in [0.29, 0.717) is 12.1 Å². The average molecular weight is 532 g/mol. The van der Waals surface area contributed by atoms with E-state index in [1.807, 2.05) is 42.1 Å². The van der Waals surface area contributed by atoms with Gasteiger partial charge in [0.2, 0.25) is 0 Å². The fourth-order valence-electron chi connectivity index (χ4n) is 3.03. The van der Waals surface area contributed by atoms with Crippen LogP contribution in [0.1, 0.15) is 28.4 Å². The van der Waals surface area contributed by atoms with E-state index in [2.05, 4.69) is 50.3 Å². The number of hydrogen-bond acceptors (Lipinski definition) is 3. The monoisotopic (exact) mass is 532 g/mol. The Balaban J connectivity index is 0.00000341. The van der Waals surface area contributed by atoms with E-state index in [1.54, 1.807) is 19.3 Å². The number of halogens is 1. The van der Waals surface area contributed by atoms with Gasteiger partial charge in [0, 0.05) is 38.1 Å². The van der Waals surface area contributed by atoms with Gasteiger partial charge in [-0.15, -0.1) is 24.0 Å². The van der Waals surface area contributed by atoms with Crippen molar-refractivity contribution in [3.05, 3.63) is 83.7 Å². The van der Waals surface area contributed by atoms with Crippen LogP contribution in [0, 0.1) is 0 Å². The van der Waals surface area contributed by atoms with Crippen molar-refractivity contribution < 1.29 is 4.79 Å². The van der Waals surface area contributed by atoms with Gasteiger partial charge in [0.05, 0.1) is 12.2 Å². The van der Waals surface area contributed by atoms with Crippen LogP contribution in [0.25, 0.3) is 5.69 Å². The smallest absolute Gasteiger partial charge is 0.251 e. The summed E-state index contributed by atoms with van der Waals surface area (Å²) in [6, 6.07) is 17.8. The minimum absolute atomic E-state index is 0. The maximum Gasteiger partial charge on any atom is 0.251 e. The Morgan fingerprint density at radius 3 is 2.55 bits per heavy atom. The van der Waals surface area contributed by atoms with Gasteiger partial charge in [-0.05, 0) is 54.8 Å². The van der Waals surface area contributed by atoms with Gasteiger partial charge in [-0.3, -0.25) is 4.79 Å². The van der Waals surface area contributed by atoms with Crippen molar-refractivity contribution in [2.45, 2.75) is 19.9 Å². The molecule has 3 rings (SSSR count). The zero-order valence-corrected chi connectivity index (χ0v) is 20.2. The van der Waals surface area contributed by atoms with E-state index in [9.17, 15) is 4.79 Å². The molecular weight excluding hydrogens is 503 g/mol. The highest BCUT2D eigenvalue weighted by molar-refractivity contribution is 14.0. The summed E-state index contributed by atoms with van der Waals surface area (Å²) in [6.07, 6.45) is 4.59. The van der Waals surface area contributed by atoms with Gasteiger partial charge in [0.15, 0.2) is 5.96 Å². The number of guanidine groups is 1. The summed E-state index contributed by atoms with van der Waals surface area (Å²) < 4.78 is 1.84. The summed E-state index contributed by atoms with van der Waals surface area (Å²) in [7, 11) is 1.63. The third kappa shape index (κ3) is 7.39. The first-order valence-electron chi connectivity index (χ1n) is 10.1. The highest BCUT2D eigenvalue weighted by Crippen LogP contribution is 2.09. The first-order chi connectivity index (χ1) is 14.7. The second-order valence-electron chi connectivity index (χ2n) is 6.77. The quantitative estimate of drug-likeness (QED) is 0.237. The molecule has 0 aliphatic carbocycles. The van der Waals surface area contributed by atoms with E-state index >= 15 is 0 Å². The van der Waals surface area contributed by atoms with Gasteiger partial charge in [-0.25, -0.2) is 9.67 Å². The van der Waals surface area contributed by atoms with Crippen LogP contribution in [0.5, 0.6) is 0 Å². The molecule has 0 atom stereocenters. The molecule has 0 fully saturated rings. The van der Waals surface area contributed by atoms with Crippen LogP contribution in [0.2, 0.25) is 0 Å². The molecule has 1 amide bonds. The zero-order chi connectivity index (χ0) is 21.2. The summed E-state index contributed by atoms with van der Waals surface area (Å²) in [5.74, 6) is 0.667. The molecule has 0 aliphatic heterocycles. The average Bonchev–Trinajstić information content (AvgIpc) is 3.32. The van der Waals surface area contributed by atoms with Gasteiger partial charge in [0.1, 0.15) is 0 Å². The normalized spacial score (nSPS) is 10.8. The molecule has 0 spiro atoms. The summed E-state index contributed by atoms with van der Waals surface area (Å²) >= 11 is 0. The number of amides is 1. The van der Waals surface area contributed by atoms with Gasteiger partial charge < -0.3 is 16.0 Å². The predicted molar refractivity (Wildman–Crippen MR) is 135 cm³/mol. The summed E-state index contributed by atoms with van der Waals surface area (Å²) in [5.41, 5.74) is 3.92. The molecule has 0 radical (unpaired) electrons. The molecular formula is C23H29IN6O. The fourth-order valence-corrected chi connectivity index (χ4v) is 3.03. The lowest BCUT2D eigenvalue weighted by molar-refractivity contribution is 0.0963. The summed E-state index contributed by atoms with van der Waals surface area (Å²) in [5, 5.41) is 13.5. The number of carbonyl (C=O) groups is 1. The van der Waals surface area contributed by atoms with Crippen LogP contribution in [0.3, 0.4) is 0 Å². The summed E-state index contributed by atoms with van der Waals surface area (Å²) in [4.78, 5) is 16.4. The van der Waals surface area contributed by atoms with E-state index in [0.717, 1.165) is 36.7 Å². The highest BCUT2D eigenvalue weighted by Gasteiger charge is 2.04. The van der Waals surface area contributed by atoms with Crippen LogP contribution in [0.4, 0.5) is 0 Å². The Morgan fingerprint density at radius 2 is 1.87 bits per heavy atom. The van der Waals surface area contributed by atoms with Crippen molar-refractivity contribution in [3.63, 3.8) is 0 Å². The maximum atomic E-state index is 11.8. The van der Waals surface area contributed by atoms with E-state index in [-0.39, 0.29) is 29.9 Å². The number of nitrogens with zero attached hydrogens (tertiary/aromatic N) is 3. The Bertz CT molecular complexity index is 970. The van der Waals surface area contributed by atoms with Crippen molar-refractivity contribution in [2.75, 3.05) is 20.1 Å². The number of hydrogen-bond donors (Lipinski definition) is 3. The molecule has 0 saturated heterocycles. The number of benzene rings is 2. The lowest BCUT2D eigenvalue weighted by Crippen LogP contribution is -2.38. The third-order valence-electron chi connectivity index (χ3n) is 4.59. The fraction of sp³-hybridized carbons (Fsp3) is 0.261. The highest BCUT2D eigenvalue weighted by atomic mass is 127. The van der Waals surface area contributed by atoms with Gasteiger partial charge in [-0.2, -0.15) is 5.10 Å². The first-order valence-corrected chi connectivity index (χ1v) is 10.1. The van der Waals surface area contributed by atoms with Crippen molar-refractivity contribution in [2.24, 2.45) is 4.99 Å². The Kier molecular flexibility index (Phi) is 10.0. The lowest BCUT2D eigenvalue weighted by atomic mass is 10.1. The molecule has 1 aromatic heterocycles. The maximum absolute atomic E-state index is 11.8. The number of nitrogens with one attached hydrogen (secondary N) is 3. The van der Waals surface area contributed by atoms with Crippen LogP contribution in [-0.4, -0.2) is 41.8 Å². The van der Waals surface area contributed by atoms with Crippen LogP contribution in [0.15, 0.2) is 72.0 Å². The minimum Gasteiger partial charge on any atom is -0.357 e. The Morgan fingerprint density at radius 1 is 1.06 bits per heavy atom. The van der Waals surface area contributed by atoms with Crippen molar-refractivity contribution >= 4 is 35.8 Å². The van der Waals surface area contributed by atoms with Gasteiger partial charge in [-0.1, -0.05) is 24.3 Å². The first kappa shape index (κ1) is 24.4. The molecule has 0 aliphatic rings. The van der Waals surface area contributed by atoms with Gasteiger partial charge >= 0.3 is 0 Å². The molecule has 1 heterocycles. The molecule has 3 N–H and O–H groups in total. The topological polar surface area (TPSA) is 83.3 Å². The Hall–Kier alpha value is -2.88. The molecule has 31 heavy (non-hydrogen) atoms. The molecule has 164 valence electrons. The minimum atomic E-state index is -0.0931. The molecule has 3 aromatic rings. The lowest BCUT2D eigenvalue weighted by Gasteiger charge is -2.12. The molecule has 0 bridgehead atoms. The predicted octanol–water partition coefficient (Wildman–Crippen LogP) is 3.15. The number of aromatic nitrogens is 2. The van der Waals surface area contributed by atoms with E-state index < -0.39 is 0 Å². The molecule has 0 saturated carbocycles. The van der Waals surface area contributed by atoms with Crippen LogP contribution >= 0.6 is 24.0 Å². The second-order valence-corrected chi connectivity index (χ2v) is 6.77. The Labute approximate surface area is 200 Å². The van der Waals surface area contributed by atoms with Crippen molar-refractivity contribution in [3.8, 4) is 5.69 Å². The SMILES string of the molecule is CCNC(=NCc1cccc(C(=O)NC)c1)NCCc1ccc(-n2cccn2)cc1.I. The second kappa shape index (κ2) is 12.7. The zero-order valence-electron chi connectivity index (χ0n) is 17.8. The molecule has 0 unspecified atom stereocenters. The molecule has 8 heteroatoms. The van der Waals surface area contributed by atoms with E-state index in [1.165, 1.54) is 5.56 Å².